The molecule has 4 aliphatic rings. The predicted octanol–water partition coefficient (Wildman–Crippen LogP) is 2.15. The number of likely N-dealkylation sites (N-methyl/N-ethyl adjacent to an activating group) is 1. The van der Waals surface area contributed by atoms with Gasteiger partial charge in [-0.2, -0.15) is 0 Å². The second-order valence-electron chi connectivity index (χ2n) is 12.0. The summed E-state index contributed by atoms with van der Waals surface area (Å²) < 4.78 is 0. The van der Waals surface area contributed by atoms with Gasteiger partial charge in [0.05, 0.1) is 11.6 Å². The van der Waals surface area contributed by atoms with E-state index in [4.69, 9.17) is 17.3 Å². The van der Waals surface area contributed by atoms with E-state index in [0.29, 0.717) is 22.7 Å². The molecule has 0 saturated carbocycles. The van der Waals surface area contributed by atoms with Crippen LogP contribution in [-0.4, -0.2) is 85.5 Å². The molecule has 0 bridgehead atoms. The van der Waals surface area contributed by atoms with E-state index in [-0.39, 0.29) is 35.3 Å². The van der Waals surface area contributed by atoms with Crippen molar-refractivity contribution in [2.75, 3.05) is 20.6 Å². The first-order chi connectivity index (χ1) is 18.1. The number of allylic oxidation sites excluding steroid dienone is 1. The largest absolute Gasteiger partial charge is 0.510 e. The number of halogens is 1. The van der Waals surface area contributed by atoms with Gasteiger partial charge >= 0.3 is 0 Å². The first kappa shape index (κ1) is 27.6. The highest BCUT2D eigenvalue weighted by Crippen LogP contribution is 2.53. The lowest BCUT2D eigenvalue weighted by Crippen LogP contribution is -2.63. The number of aliphatic hydroxyl groups is 3. The minimum atomic E-state index is -2.66. The summed E-state index contributed by atoms with van der Waals surface area (Å²) in [6.45, 7) is 5.68. The summed E-state index contributed by atoms with van der Waals surface area (Å²) in [7, 11) is 3.18. The van der Waals surface area contributed by atoms with Gasteiger partial charge in [0.15, 0.2) is 11.4 Å². The molecule has 0 aromatic heterocycles. The fourth-order valence-corrected chi connectivity index (χ4v) is 7.42. The van der Waals surface area contributed by atoms with Crippen LogP contribution in [0.1, 0.15) is 54.6 Å². The van der Waals surface area contributed by atoms with Gasteiger partial charge in [-0.15, -0.1) is 0 Å². The third-order valence-electron chi connectivity index (χ3n) is 9.16. The smallest absolute Gasteiger partial charge is 0.255 e. The SMILES string of the molecule is CN(C)[C@@H]1C(O)=C(C(N)=O)C(=O)[C@@]2(O)C(O)=C3C(=O)c4c(O)cc(CN5CCCC5(C)C)c(Cl)c4C[C@H]3C[C@@H]12. The lowest BCUT2D eigenvalue weighted by atomic mass is 9.58. The number of likely N-dealkylation sites (tertiary alicyclic amines) is 1. The number of ketones is 2. The lowest BCUT2D eigenvalue weighted by Gasteiger charge is -2.50. The molecule has 5 rings (SSSR count). The normalized spacial score (nSPS) is 30.5. The number of aromatic hydroxyl groups is 1. The summed E-state index contributed by atoms with van der Waals surface area (Å²) in [5, 5.41) is 45.3. The van der Waals surface area contributed by atoms with Gasteiger partial charge in [0.2, 0.25) is 5.78 Å². The van der Waals surface area contributed by atoms with Crippen molar-refractivity contribution in [1.82, 2.24) is 9.80 Å². The Labute approximate surface area is 231 Å². The monoisotopic (exact) mass is 559 g/mol. The number of nitrogens with two attached hydrogens (primary N) is 1. The van der Waals surface area contributed by atoms with Gasteiger partial charge in [-0.3, -0.25) is 24.2 Å². The van der Waals surface area contributed by atoms with Crippen LogP contribution in [0.15, 0.2) is 28.7 Å². The molecule has 1 amide bonds. The number of carbonyl (C=O) groups excluding carboxylic acids is 3. The Kier molecular flexibility index (Phi) is 6.42. The molecule has 3 aliphatic carbocycles. The number of nitrogens with zero attached hydrogens (tertiary/aromatic N) is 2. The molecule has 6 N–H and O–H groups in total. The number of primary amides is 1. The molecule has 39 heavy (non-hydrogen) atoms. The van der Waals surface area contributed by atoms with E-state index in [2.05, 4.69) is 18.7 Å². The van der Waals surface area contributed by atoms with Crippen LogP contribution < -0.4 is 5.73 Å². The number of rotatable bonds is 4. The van der Waals surface area contributed by atoms with Crippen molar-refractivity contribution in [3.05, 3.63) is 50.4 Å². The zero-order chi connectivity index (χ0) is 28.8. The Balaban J connectivity index is 1.63. The molecule has 4 atom stereocenters. The Hall–Kier alpha value is -2.92. The topological polar surface area (TPSA) is 165 Å². The van der Waals surface area contributed by atoms with E-state index < -0.39 is 58.0 Å². The van der Waals surface area contributed by atoms with Crippen molar-refractivity contribution >= 4 is 29.1 Å². The van der Waals surface area contributed by atoms with Gasteiger partial charge < -0.3 is 26.2 Å². The molecule has 0 spiro atoms. The Morgan fingerprint density at radius 1 is 1.23 bits per heavy atom. The predicted molar refractivity (Wildman–Crippen MR) is 142 cm³/mol. The van der Waals surface area contributed by atoms with Crippen LogP contribution in [0.5, 0.6) is 5.75 Å². The van der Waals surface area contributed by atoms with Crippen LogP contribution in [0.4, 0.5) is 0 Å². The molecule has 1 saturated heterocycles. The molecule has 11 heteroatoms. The maximum atomic E-state index is 13.8. The third-order valence-corrected chi connectivity index (χ3v) is 9.64. The Morgan fingerprint density at radius 3 is 2.46 bits per heavy atom. The number of benzene rings is 1. The molecular weight excluding hydrogens is 526 g/mol. The van der Waals surface area contributed by atoms with E-state index in [9.17, 15) is 34.8 Å². The van der Waals surface area contributed by atoms with Gasteiger partial charge in [-0.1, -0.05) is 11.6 Å². The molecule has 10 nitrogen and oxygen atoms in total. The van der Waals surface area contributed by atoms with E-state index in [1.165, 1.54) is 11.0 Å². The summed E-state index contributed by atoms with van der Waals surface area (Å²) in [5.74, 6) is -6.78. The molecule has 210 valence electrons. The van der Waals surface area contributed by atoms with Crippen LogP contribution in [0.3, 0.4) is 0 Å². The fourth-order valence-electron chi connectivity index (χ4n) is 7.13. The fraction of sp³-hybridized carbons (Fsp3) is 0.536. The number of hydrogen-bond donors (Lipinski definition) is 5. The van der Waals surface area contributed by atoms with Gasteiger partial charge in [0.1, 0.15) is 22.8 Å². The van der Waals surface area contributed by atoms with Crippen molar-refractivity contribution in [2.45, 2.75) is 63.3 Å². The van der Waals surface area contributed by atoms with E-state index >= 15 is 0 Å². The summed E-state index contributed by atoms with van der Waals surface area (Å²) >= 11 is 6.87. The maximum Gasteiger partial charge on any atom is 0.255 e. The van der Waals surface area contributed by atoms with Gasteiger partial charge in [-0.25, -0.2) is 0 Å². The summed E-state index contributed by atoms with van der Waals surface area (Å²) in [5.41, 5.74) is 2.69. The van der Waals surface area contributed by atoms with Crippen LogP contribution in [-0.2, 0) is 22.6 Å². The summed E-state index contributed by atoms with van der Waals surface area (Å²) in [4.78, 5) is 43.0. The van der Waals surface area contributed by atoms with Gasteiger partial charge in [0, 0.05) is 28.6 Å². The molecule has 1 fully saturated rings. The van der Waals surface area contributed by atoms with E-state index in [1.54, 1.807) is 14.1 Å². The molecule has 0 radical (unpaired) electrons. The van der Waals surface area contributed by atoms with Gasteiger partial charge in [0.25, 0.3) is 5.91 Å². The first-order valence-electron chi connectivity index (χ1n) is 13.1. The minimum Gasteiger partial charge on any atom is -0.510 e. The van der Waals surface area contributed by atoms with Crippen molar-refractivity contribution < 1.29 is 34.8 Å². The highest BCUT2D eigenvalue weighted by molar-refractivity contribution is 6.33. The second kappa shape index (κ2) is 9.05. The molecule has 0 unspecified atom stereocenters. The number of phenolic OH excluding ortho intramolecular Hbond substituents is 1. The second-order valence-corrected chi connectivity index (χ2v) is 12.4. The van der Waals surface area contributed by atoms with Crippen LogP contribution >= 0.6 is 11.6 Å². The molecule has 1 aromatic rings. The average Bonchev–Trinajstić information content (AvgIpc) is 3.16. The first-order valence-corrected chi connectivity index (χ1v) is 13.4. The molecular formula is C28H34ClN3O7. The van der Waals surface area contributed by atoms with Crippen molar-refractivity contribution in [3.63, 3.8) is 0 Å². The van der Waals surface area contributed by atoms with E-state index in [0.717, 1.165) is 19.4 Å². The van der Waals surface area contributed by atoms with E-state index in [1.807, 2.05) is 0 Å². The number of phenols is 1. The average molecular weight is 560 g/mol. The molecule has 1 aliphatic heterocycles. The number of hydrogen-bond acceptors (Lipinski definition) is 9. The quantitative estimate of drug-likeness (QED) is 0.347. The lowest BCUT2D eigenvalue weighted by molar-refractivity contribution is -0.148. The standard InChI is InChI=1S/C28H34ClN3O7/c1-27(2)6-5-7-32(27)11-13-10-16(33)18-14(20(13)29)8-12-9-15-21(31(3)4)23(35)19(26(30)38)25(37)28(15,39)24(36)17(12)22(18)34/h10,12,15,21,33,35-36,39H,5-9,11H2,1-4H3,(H2,30,38)/t12-,15-,21-,28-/m0/s1. The summed E-state index contributed by atoms with van der Waals surface area (Å²) in [6, 6.07) is 0.425. The van der Waals surface area contributed by atoms with Crippen LogP contribution in [0.25, 0.3) is 0 Å². The minimum absolute atomic E-state index is 0.0201. The zero-order valence-electron chi connectivity index (χ0n) is 22.4. The Morgan fingerprint density at radius 2 is 1.90 bits per heavy atom. The highest BCUT2D eigenvalue weighted by Gasteiger charge is 2.63. The third kappa shape index (κ3) is 3.83. The number of aliphatic hydroxyl groups excluding tert-OH is 2. The number of fused-ring (bicyclic) bond motifs is 3. The van der Waals surface area contributed by atoms with Crippen molar-refractivity contribution in [1.29, 1.82) is 0 Å². The molecule has 1 aromatic carbocycles. The summed E-state index contributed by atoms with van der Waals surface area (Å²) in [6.07, 6.45) is 2.26. The molecule has 1 heterocycles. The maximum absolute atomic E-state index is 13.8. The number of Topliss-reactive ketones (excluding diaryl/α,β-unsaturated/α-hetero) is 2. The van der Waals surface area contributed by atoms with Crippen molar-refractivity contribution in [3.8, 4) is 5.75 Å². The van der Waals surface area contributed by atoms with Gasteiger partial charge in [-0.05, 0) is 83.3 Å². The van der Waals surface area contributed by atoms with Crippen LogP contribution in [0.2, 0.25) is 5.02 Å². The zero-order valence-corrected chi connectivity index (χ0v) is 23.2. The number of amides is 1. The van der Waals surface area contributed by atoms with Crippen molar-refractivity contribution in [2.24, 2.45) is 17.6 Å². The van der Waals surface area contributed by atoms with Crippen LogP contribution in [0, 0.1) is 11.8 Å². The Bertz CT molecular complexity index is 1380. The highest BCUT2D eigenvalue weighted by atomic mass is 35.5. The number of carbonyl (C=O) groups is 3.